The third kappa shape index (κ3) is 3.79. The molecule has 3 rings (SSSR count). The van der Waals surface area contributed by atoms with Crippen molar-refractivity contribution in [3.63, 3.8) is 0 Å². The first-order valence-corrected chi connectivity index (χ1v) is 8.41. The molecule has 0 saturated carbocycles. The first-order chi connectivity index (χ1) is 12.1. The van der Waals surface area contributed by atoms with E-state index in [1.54, 1.807) is 19.1 Å². The van der Waals surface area contributed by atoms with Gasteiger partial charge in [-0.25, -0.2) is 0 Å². The summed E-state index contributed by atoms with van der Waals surface area (Å²) in [5.41, 5.74) is 3.67. The standard InChI is InChI=1S/C19H21N3O3/c1-13-16(9-5-11-18(13)22(24)25)20-12-19(23)21-17-10-4-7-14-6-2-3-8-15(14)17/h2-3,5-6,8-9,11,17,20H,4,7,10,12H2,1H3,(H,21,23). The van der Waals surface area contributed by atoms with E-state index in [1.165, 1.54) is 17.2 Å². The number of nitro benzene ring substituents is 1. The number of nitrogens with zero attached hydrogens (tertiary/aromatic N) is 1. The Morgan fingerprint density at radius 2 is 2.04 bits per heavy atom. The second-order valence-corrected chi connectivity index (χ2v) is 6.27. The molecule has 0 spiro atoms. The summed E-state index contributed by atoms with van der Waals surface area (Å²) < 4.78 is 0. The zero-order valence-electron chi connectivity index (χ0n) is 14.1. The molecule has 0 saturated heterocycles. The third-order valence-electron chi connectivity index (χ3n) is 4.65. The number of fused-ring (bicyclic) bond motifs is 1. The Bertz CT molecular complexity index is 804. The molecule has 0 radical (unpaired) electrons. The average molecular weight is 339 g/mol. The van der Waals surface area contributed by atoms with Gasteiger partial charge in [0.2, 0.25) is 5.91 Å². The van der Waals surface area contributed by atoms with Crippen LogP contribution in [0.2, 0.25) is 0 Å². The van der Waals surface area contributed by atoms with Crippen molar-refractivity contribution < 1.29 is 9.72 Å². The predicted molar refractivity (Wildman–Crippen MR) is 96.6 cm³/mol. The Kier molecular flexibility index (Phi) is 4.97. The zero-order valence-corrected chi connectivity index (χ0v) is 14.1. The van der Waals surface area contributed by atoms with E-state index in [-0.39, 0.29) is 24.2 Å². The van der Waals surface area contributed by atoms with Crippen LogP contribution < -0.4 is 10.6 Å². The smallest absolute Gasteiger partial charge is 0.274 e. The van der Waals surface area contributed by atoms with E-state index in [0.29, 0.717) is 11.3 Å². The highest BCUT2D eigenvalue weighted by atomic mass is 16.6. The van der Waals surface area contributed by atoms with Crippen LogP contribution in [0.1, 0.15) is 35.6 Å². The first-order valence-electron chi connectivity index (χ1n) is 8.41. The zero-order chi connectivity index (χ0) is 17.8. The minimum Gasteiger partial charge on any atom is -0.376 e. The number of rotatable bonds is 5. The molecule has 25 heavy (non-hydrogen) atoms. The molecule has 1 atom stereocenters. The molecule has 2 aromatic rings. The minimum absolute atomic E-state index is 0.0328. The van der Waals surface area contributed by atoms with Gasteiger partial charge < -0.3 is 10.6 Å². The quantitative estimate of drug-likeness (QED) is 0.645. The number of amides is 1. The highest BCUT2D eigenvalue weighted by Gasteiger charge is 2.21. The molecular formula is C19H21N3O3. The third-order valence-corrected chi connectivity index (χ3v) is 4.65. The van der Waals surface area contributed by atoms with Gasteiger partial charge in [-0.3, -0.25) is 14.9 Å². The molecule has 1 aliphatic rings. The molecule has 2 aromatic carbocycles. The fraction of sp³-hybridized carbons (Fsp3) is 0.316. The van der Waals surface area contributed by atoms with Crippen LogP contribution in [0.4, 0.5) is 11.4 Å². The van der Waals surface area contributed by atoms with Gasteiger partial charge in [0.05, 0.1) is 17.5 Å². The Labute approximate surface area is 146 Å². The largest absolute Gasteiger partial charge is 0.376 e. The number of benzene rings is 2. The Hall–Kier alpha value is -2.89. The molecule has 6 heteroatoms. The van der Waals surface area contributed by atoms with Gasteiger partial charge in [-0.05, 0) is 43.4 Å². The second kappa shape index (κ2) is 7.34. The number of anilines is 1. The number of hydrogen-bond acceptors (Lipinski definition) is 4. The van der Waals surface area contributed by atoms with Gasteiger partial charge in [-0.2, -0.15) is 0 Å². The highest BCUT2D eigenvalue weighted by Crippen LogP contribution is 2.29. The average Bonchev–Trinajstić information content (AvgIpc) is 2.61. The number of aryl methyl sites for hydroxylation is 1. The number of nitrogens with one attached hydrogen (secondary N) is 2. The van der Waals surface area contributed by atoms with Crippen molar-refractivity contribution in [1.82, 2.24) is 5.32 Å². The van der Waals surface area contributed by atoms with Crippen LogP contribution in [0.5, 0.6) is 0 Å². The van der Waals surface area contributed by atoms with Crippen LogP contribution in [0.3, 0.4) is 0 Å². The molecule has 130 valence electrons. The van der Waals surface area contributed by atoms with E-state index in [1.807, 2.05) is 12.1 Å². The lowest BCUT2D eigenvalue weighted by Crippen LogP contribution is -2.35. The fourth-order valence-corrected chi connectivity index (χ4v) is 3.34. The van der Waals surface area contributed by atoms with Crippen LogP contribution >= 0.6 is 0 Å². The van der Waals surface area contributed by atoms with Gasteiger partial charge in [0.1, 0.15) is 0 Å². The number of nitro groups is 1. The summed E-state index contributed by atoms with van der Waals surface area (Å²) in [6.07, 6.45) is 3.03. The molecule has 1 amide bonds. The number of carbonyl (C=O) groups is 1. The summed E-state index contributed by atoms with van der Waals surface area (Å²) in [6, 6.07) is 13.0. The Morgan fingerprint density at radius 3 is 2.84 bits per heavy atom. The van der Waals surface area contributed by atoms with Crippen LogP contribution in [0, 0.1) is 17.0 Å². The summed E-state index contributed by atoms with van der Waals surface area (Å²) >= 11 is 0. The van der Waals surface area contributed by atoms with E-state index < -0.39 is 4.92 Å². The summed E-state index contributed by atoms with van der Waals surface area (Å²) in [5, 5.41) is 17.1. The molecule has 1 unspecified atom stereocenters. The van der Waals surface area contributed by atoms with Gasteiger partial charge in [0.25, 0.3) is 5.69 Å². The normalized spacial score (nSPS) is 16.0. The lowest BCUT2D eigenvalue weighted by Gasteiger charge is -2.26. The predicted octanol–water partition coefficient (Wildman–Crippen LogP) is 3.51. The van der Waals surface area contributed by atoms with Gasteiger partial charge in [0, 0.05) is 17.3 Å². The van der Waals surface area contributed by atoms with Crippen molar-refractivity contribution in [2.45, 2.75) is 32.2 Å². The van der Waals surface area contributed by atoms with Gasteiger partial charge >= 0.3 is 0 Å². The van der Waals surface area contributed by atoms with Crippen molar-refractivity contribution in [2.75, 3.05) is 11.9 Å². The molecular weight excluding hydrogens is 318 g/mol. The summed E-state index contributed by atoms with van der Waals surface area (Å²) in [7, 11) is 0. The maximum absolute atomic E-state index is 12.3. The molecule has 0 heterocycles. The monoisotopic (exact) mass is 339 g/mol. The summed E-state index contributed by atoms with van der Waals surface area (Å²) in [6.45, 7) is 1.76. The van der Waals surface area contributed by atoms with Crippen molar-refractivity contribution in [3.8, 4) is 0 Å². The lowest BCUT2D eigenvalue weighted by atomic mass is 9.88. The Balaban J connectivity index is 1.63. The van der Waals surface area contributed by atoms with E-state index in [4.69, 9.17) is 0 Å². The van der Waals surface area contributed by atoms with E-state index >= 15 is 0 Å². The van der Waals surface area contributed by atoms with Crippen molar-refractivity contribution in [2.24, 2.45) is 0 Å². The fourth-order valence-electron chi connectivity index (χ4n) is 3.34. The van der Waals surface area contributed by atoms with Crippen molar-refractivity contribution >= 4 is 17.3 Å². The molecule has 0 aliphatic heterocycles. The lowest BCUT2D eigenvalue weighted by molar-refractivity contribution is -0.385. The van der Waals surface area contributed by atoms with Gasteiger partial charge in [-0.15, -0.1) is 0 Å². The topological polar surface area (TPSA) is 84.3 Å². The molecule has 0 aromatic heterocycles. The van der Waals surface area contributed by atoms with Crippen LogP contribution in [0.25, 0.3) is 0 Å². The molecule has 6 nitrogen and oxygen atoms in total. The summed E-state index contributed by atoms with van der Waals surface area (Å²) in [4.78, 5) is 22.9. The maximum atomic E-state index is 12.3. The number of carbonyl (C=O) groups excluding carboxylic acids is 1. The van der Waals surface area contributed by atoms with Crippen LogP contribution in [-0.2, 0) is 11.2 Å². The first kappa shape index (κ1) is 17.0. The van der Waals surface area contributed by atoms with Gasteiger partial charge in [-0.1, -0.05) is 30.3 Å². The van der Waals surface area contributed by atoms with Crippen molar-refractivity contribution in [3.05, 3.63) is 69.3 Å². The molecule has 0 fully saturated rings. The second-order valence-electron chi connectivity index (χ2n) is 6.27. The Morgan fingerprint density at radius 1 is 1.24 bits per heavy atom. The van der Waals surface area contributed by atoms with E-state index in [0.717, 1.165) is 19.3 Å². The van der Waals surface area contributed by atoms with Crippen molar-refractivity contribution in [1.29, 1.82) is 0 Å². The van der Waals surface area contributed by atoms with Crippen LogP contribution in [0.15, 0.2) is 42.5 Å². The van der Waals surface area contributed by atoms with E-state index in [9.17, 15) is 14.9 Å². The molecule has 1 aliphatic carbocycles. The highest BCUT2D eigenvalue weighted by molar-refractivity contribution is 5.81. The minimum atomic E-state index is -0.417. The van der Waals surface area contributed by atoms with E-state index in [2.05, 4.69) is 22.8 Å². The molecule has 0 bridgehead atoms. The molecule has 2 N–H and O–H groups in total. The number of hydrogen-bond donors (Lipinski definition) is 2. The van der Waals surface area contributed by atoms with Gasteiger partial charge in [0.15, 0.2) is 0 Å². The SMILES string of the molecule is Cc1c(NCC(=O)NC2CCCc3ccccc32)cccc1[N+](=O)[O-]. The maximum Gasteiger partial charge on any atom is 0.274 e. The van der Waals surface area contributed by atoms with Crippen LogP contribution in [-0.4, -0.2) is 17.4 Å². The summed E-state index contributed by atoms with van der Waals surface area (Å²) in [5.74, 6) is -0.118.